The molecule has 2 rings (SSSR count). The number of nitrogens with two attached hydrogens (primary N) is 1. The average molecular weight is 242 g/mol. The van der Waals surface area contributed by atoms with E-state index in [1.807, 2.05) is 12.1 Å². The van der Waals surface area contributed by atoms with Gasteiger partial charge in [0.05, 0.1) is 0 Å². The van der Waals surface area contributed by atoms with Crippen molar-refractivity contribution in [2.75, 3.05) is 11.1 Å². The molecule has 0 bridgehead atoms. The van der Waals surface area contributed by atoms with E-state index in [1.54, 1.807) is 6.20 Å². The number of rotatable bonds is 5. The van der Waals surface area contributed by atoms with Crippen molar-refractivity contribution in [1.29, 1.82) is 0 Å². The van der Waals surface area contributed by atoms with Gasteiger partial charge in [-0.05, 0) is 31.4 Å². The van der Waals surface area contributed by atoms with Gasteiger partial charge in [0, 0.05) is 12.2 Å². The van der Waals surface area contributed by atoms with E-state index >= 15 is 0 Å². The normalized spacial score (nSPS) is 12.1. The van der Waals surface area contributed by atoms with E-state index in [2.05, 4.69) is 46.5 Å². The lowest BCUT2D eigenvalue weighted by Gasteiger charge is -2.14. The predicted octanol–water partition coefficient (Wildman–Crippen LogP) is 2.49. The second-order valence-corrected chi connectivity index (χ2v) is 4.37. The molecule has 0 aliphatic carbocycles. The van der Waals surface area contributed by atoms with Gasteiger partial charge in [-0.2, -0.15) is 4.98 Å². The lowest BCUT2D eigenvalue weighted by atomic mass is 10.1. The molecule has 1 aromatic heterocycles. The van der Waals surface area contributed by atoms with Crippen molar-refractivity contribution in [2.45, 2.75) is 25.8 Å². The summed E-state index contributed by atoms with van der Waals surface area (Å²) in [5.41, 5.74) is 6.89. The SMILES string of the molecule is CC(CCc1ccccc1)Nc1ccnc(N)n1. The van der Waals surface area contributed by atoms with Crippen LogP contribution in [0.25, 0.3) is 0 Å². The molecule has 0 aliphatic rings. The van der Waals surface area contributed by atoms with Crippen LogP contribution in [0.15, 0.2) is 42.6 Å². The van der Waals surface area contributed by atoms with Crippen molar-refractivity contribution in [3.8, 4) is 0 Å². The largest absolute Gasteiger partial charge is 0.368 e. The number of hydrogen-bond donors (Lipinski definition) is 2. The summed E-state index contributed by atoms with van der Waals surface area (Å²) in [6.07, 6.45) is 3.76. The molecule has 0 spiro atoms. The van der Waals surface area contributed by atoms with Gasteiger partial charge in [-0.25, -0.2) is 4.98 Å². The Morgan fingerprint density at radius 2 is 2.00 bits per heavy atom. The van der Waals surface area contributed by atoms with Gasteiger partial charge in [0.25, 0.3) is 0 Å². The smallest absolute Gasteiger partial charge is 0.221 e. The van der Waals surface area contributed by atoms with Crippen LogP contribution in [0, 0.1) is 0 Å². The Morgan fingerprint density at radius 1 is 1.22 bits per heavy atom. The maximum Gasteiger partial charge on any atom is 0.221 e. The Kier molecular flexibility index (Phi) is 4.12. The third kappa shape index (κ3) is 3.73. The number of nitrogen functional groups attached to an aromatic ring is 1. The van der Waals surface area contributed by atoms with Crippen LogP contribution in [0.3, 0.4) is 0 Å². The molecule has 0 saturated heterocycles. The molecule has 0 fully saturated rings. The number of aromatic nitrogens is 2. The average Bonchev–Trinajstić information content (AvgIpc) is 2.38. The van der Waals surface area contributed by atoms with Crippen LogP contribution < -0.4 is 11.1 Å². The van der Waals surface area contributed by atoms with Crippen LogP contribution in [-0.4, -0.2) is 16.0 Å². The van der Waals surface area contributed by atoms with Crippen molar-refractivity contribution in [3.63, 3.8) is 0 Å². The first-order valence-electron chi connectivity index (χ1n) is 6.13. The molecule has 1 heterocycles. The van der Waals surface area contributed by atoms with E-state index in [-0.39, 0.29) is 0 Å². The fourth-order valence-electron chi connectivity index (χ4n) is 1.81. The monoisotopic (exact) mass is 242 g/mol. The van der Waals surface area contributed by atoms with Crippen LogP contribution in [-0.2, 0) is 6.42 Å². The van der Waals surface area contributed by atoms with Gasteiger partial charge in [-0.3, -0.25) is 0 Å². The third-order valence-corrected chi connectivity index (χ3v) is 2.78. The Bertz CT molecular complexity index is 484. The van der Waals surface area contributed by atoms with Gasteiger partial charge in [-0.15, -0.1) is 0 Å². The Morgan fingerprint density at radius 3 is 2.72 bits per heavy atom. The number of anilines is 2. The number of hydrogen-bond acceptors (Lipinski definition) is 4. The Labute approximate surface area is 107 Å². The van der Waals surface area contributed by atoms with E-state index in [1.165, 1.54) is 5.56 Å². The molecule has 1 aromatic carbocycles. The minimum atomic E-state index is 0.301. The second-order valence-electron chi connectivity index (χ2n) is 4.37. The molecule has 0 saturated carbocycles. The zero-order chi connectivity index (χ0) is 12.8. The van der Waals surface area contributed by atoms with Crippen LogP contribution in [0.4, 0.5) is 11.8 Å². The van der Waals surface area contributed by atoms with Crippen LogP contribution >= 0.6 is 0 Å². The number of nitrogens with zero attached hydrogens (tertiary/aromatic N) is 2. The predicted molar refractivity (Wildman–Crippen MR) is 74.3 cm³/mol. The zero-order valence-electron chi connectivity index (χ0n) is 10.5. The lowest BCUT2D eigenvalue weighted by molar-refractivity contribution is 0.703. The molecular weight excluding hydrogens is 224 g/mol. The molecule has 3 N–H and O–H groups in total. The van der Waals surface area contributed by atoms with Crippen LogP contribution in [0.5, 0.6) is 0 Å². The van der Waals surface area contributed by atoms with Gasteiger partial charge < -0.3 is 11.1 Å². The summed E-state index contributed by atoms with van der Waals surface area (Å²) < 4.78 is 0. The molecule has 4 heteroatoms. The first-order valence-corrected chi connectivity index (χ1v) is 6.13. The topological polar surface area (TPSA) is 63.8 Å². The molecule has 0 amide bonds. The zero-order valence-corrected chi connectivity index (χ0v) is 10.5. The highest BCUT2D eigenvalue weighted by molar-refractivity contribution is 5.38. The summed E-state index contributed by atoms with van der Waals surface area (Å²) in [4.78, 5) is 7.99. The summed E-state index contributed by atoms with van der Waals surface area (Å²) >= 11 is 0. The van der Waals surface area contributed by atoms with Crippen molar-refractivity contribution >= 4 is 11.8 Å². The molecule has 4 nitrogen and oxygen atoms in total. The van der Waals surface area contributed by atoms with Crippen LogP contribution in [0.1, 0.15) is 18.9 Å². The first kappa shape index (κ1) is 12.4. The van der Waals surface area contributed by atoms with Crippen molar-refractivity contribution < 1.29 is 0 Å². The Balaban J connectivity index is 1.84. The van der Waals surface area contributed by atoms with Crippen LogP contribution in [0.2, 0.25) is 0 Å². The minimum absolute atomic E-state index is 0.301. The van der Waals surface area contributed by atoms with Gasteiger partial charge in [0.2, 0.25) is 5.95 Å². The van der Waals surface area contributed by atoms with Crippen molar-refractivity contribution in [2.24, 2.45) is 0 Å². The molecule has 18 heavy (non-hydrogen) atoms. The molecule has 94 valence electrons. The highest BCUT2D eigenvalue weighted by Crippen LogP contribution is 2.10. The van der Waals surface area contributed by atoms with Crippen molar-refractivity contribution in [1.82, 2.24) is 9.97 Å². The van der Waals surface area contributed by atoms with E-state index in [9.17, 15) is 0 Å². The minimum Gasteiger partial charge on any atom is -0.368 e. The Hall–Kier alpha value is -2.10. The summed E-state index contributed by atoms with van der Waals surface area (Å²) in [6, 6.07) is 12.6. The lowest BCUT2D eigenvalue weighted by Crippen LogP contribution is -2.17. The fraction of sp³-hybridized carbons (Fsp3) is 0.286. The highest BCUT2D eigenvalue weighted by atomic mass is 15.1. The summed E-state index contributed by atoms with van der Waals surface area (Å²) in [7, 11) is 0. The third-order valence-electron chi connectivity index (χ3n) is 2.78. The number of nitrogens with one attached hydrogen (secondary N) is 1. The van der Waals surface area contributed by atoms with Crippen molar-refractivity contribution in [3.05, 3.63) is 48.2 Å². The van der Waals surface area contributed by atoms with Gasteiger partial charge in [-0.1, -0.05) is 30.3 Å². The van der Waals surface area contributed by atoms with Gasteiger partial charge in [0.1, 0.15) is 5.82 Å². The van der Waals surface area contributed by atoms with E-state index in [4.69, 9.17) is 5.73 Å². The van der Waals surface area contributed by atoms with E-state index in [0.717, 1.165) is 18.7 Å². The molecular formula is C14H18N4. The van der Waals surface area contributed by atoms with E-state index in [0.29, 0.717) is 12.0 Å². The second kappa shape index (κ2) is 6.00. The summed E-state index contributed by atoms with van der Waals surface area (Å²) in [5.74, 6) is 1.08. The van der Waals surface area contributed by atoms with E-state index < -0.39 is 0 Å². The summed E-state index contributed by atoms with van der Waals surface area (Å²) in [5, 5.41) is 3.32. The molecule has 1 unspecified atom stereocenters. The first-order chi connectivity index (χ1) is 8.74. The number of aryl methyl sites for hydroxylation is 1. The summed E-state index contributed by atoms with van der Waals surface area (Å²) in [6.45, 7) is 2.14. The van der Waals surface area contributed by atoms with Gasteiger partial charge in [0.15, 0.2) is 0 Å². The highest BCUT2D eigenvalue weighted by Gasteiger charge is 2.04. The quantitative estimate of drug-likeness (QED) is 0.845. The molecule has 0 radical (unpaired) electrons. The number of benzene rings is 1. The fourth-order valence-corrected chi connectivity index (χ4v) is 1.81. The molecule has 1 atom stereocenters. The van der Waals surface area contributed by atoms with Gasteiger partial charge >= 0.3 is 0 Å². The maximum atomic E-state index is 5.54. The molecule has 2 aromatic rings. The molecule has 0 aliphatic heterocycles. The standard InChI is InChI=1S/C14H18N4/c1-11(7-8-12-5-3-2-4-6-12)17-13-9-10-16-14(15)18-13/h2-6,9-11H,7-8H2,1H3,(H3,15,16,17,18). The maximum absolute atomic E-state index is 5.54.